The van der Waals surface area contributed by atoms with E-state index in [4.69, 9.17) is 4.42 Å². The van der Waals surface area contributed by atoms with Gasteiger partial charge in [-0.1, -0.05) is 30.3 Å². The number of hydrogen-bond acceptors (Lipinski definition) is 6. The quantitative estimate of drug-likeness (QED) is 0.743. The Balaban J connectivity index is 1.65. The number of carbonyl (C=O) groups is 3. The molecule has 3 atom stereocenters. The second-order valence-corrected chi connectivity index (χ2v) is 7.61. The van der Waals surface area contributed by atoms with Crippen LogP contribution in [-0.2, 0) is 20.7 Å². The largest absolute Gasteiger partial charge is 0.468 e. The molecule has 2 aromatic rings. The Morgan fingerprint density at radius 2 is 2.07 bits per heavy atom. The summed E-state index contributed by atoms with van der Waals surface area (Å²) in [5, 5.41) is 2.73. The molecule has 1 aromatic heterocycles. The molecule has 0 aliphatic carbocycles. The average molecular weight is 397 g/mol. The highest BCUT2D eigenvalue weighted by Crippen LogP contribution is 2.52. The molecule has 8 nitrogen and oxygen atoms in total. The fraction of sp³-hybridized carbons (Fsp3) is 0.429. The van der Waals surface area contributed by atoms with E-state index in [1.807, 2.05) is 30.3 Å². The first-order valence-corrected chi connectivity index (χ1v) is 9.65. The number of oxazole rings is 1. The summed E-state index contributed by atoms with van der Waals surface area (Å²) in [6.07, 6.45) is 5.16. The predicted octanol–water partition coefficient (Wildman–Crippen LogP) is 1.57. The third-order valence-electron chi connectivity index (χ3n) is 6.06. The summed E-state index contributed by atoms with van der Waals surface area (Å²) in [4.78, 5) is 43.7. The highest BCUT2D eigenvalue weighted by atomic mass is 16.5. The van der Waals surface area contributed by atoms with Crippen molar-refractivity contribution in [1.82, 2.24) is 15.2 Å². The van der Waals surface area contributed by atoms with Crippen molar-refractivity contribution in [3.63, 3.8) is 0 Å². The molecule has 29 heavy (non-hydrogen) atoms. The molecular formula is C21H23N3O5. The molecule has 152 valence electrons. The molecule has 2 aliphatic heterocycles. The lowest BCUT2D eigenvalue weighted by atomic mass is 9.69. The summed E-state index contributed by atoms with van der Waals surface area (Å²) in [5.41, 5.74) is 0.451. The Kier molecular flexibility index (Phi) is 5.08. The normalized spacial score (nSPS) is 25.1. The first-order chi connectivity index (χ1) is 14.0. The van der Waals surface area contributed by atoms with Crippen molar-refractivity contribution >= 4 is 17.8 Å². The minimum absolute atomic E-state index is 0.0446. The van der Waals surface area contributed by atoms with Crippen molar-refractivity contribution in [3.8, 4) is 0 Å². The van der Waals surface area contributed by atoms with Gasteiger partial charge in [-0.25, -0.2) is 4.98 Å². The van der Waals surface area contributed by atoms with Crippen molar-refractivity contribution < 1.29 is 23.5 Å². The number of rotatable bonds is 6. The standard InChI is InChI=1S/C21H23N3O5/c1-28-18(25)11-22-20(27)21(9-14-5-3-2-4-6-14)10-15-7-8-17(21)24(15)19(26)16-12-29-13-23-16/h2-6,12-13,15,17H,7-11H2,1H3,(H,22,27)/t15-,17+,21+/m1/s1. The molecule has 2 fully saturated rings. The number of fused-ring (bicyclic) bond motifs is 2. The lowest BCUT2D eigenvalue weighted by Gasteiger charge is -2.36. The Bertz CT molecular complexity index is 898. The van der Waals surface area contributed by atoms with Crippen LogP contribution in [0.15, 0.2) is 47.4 Å². The van der Waals surface area contributed by atoms with Gasteiger partial charge >= 0.3 is 5.97 Å². The minimum atomic E-state index is -0.808. The van der Waals surface area contributed by atoms with Gasteiger partial charge in [-0.3, -0.25) is 14.4 Å². The van der Waals surface area contributed by atoms with Crippen LogP contribution in [-0.4, -0.2) is 53.4 Å². The molecule has 0 radical (unpaired) electrons. The number of amides is 2. The van der Waals surface area contributed by atoms with Gasteiger partial charge in [-0.15, -0.1) is 0 Å². The van der Waals surface area contributed by atoms with E-state index < -0.39 is 11.4 Å². The van der Waals surface area contributed by atoms with Gasteiger partial charge in [0.15, 0.2) is 12.1 Å². The maximum atomic E-state index is 13.3. The van der Waals surface area contributed by atoms with Crippen LogP contribution in [0.3, 0.4) is 0 Å². The van der Waals surface area contributed by atoms with Gasteiger partial charge in [0.05, 0.1) is 12.5 Å². The first-order valence-electron chi connectivity index (χ1n) is 9.65. The smallest absolute Gasteiger partial charge is 0.325 e. The van der Waals surface area contributed by atoms with E-state index in [9.17, 15) is 14.4 Å². The van der Waals surface area contributed by atoms with Crippen LogP contribution in [0.5, 0.6) is 0 Å². The number of nitrogens with one attached hydrogen (secondary N) is 1. The molecule has 8 heteroatoms. The SMILES string of the molecule is COC(=O)CNC(=O)[C@@]1(Cc2ccccc2)C[C@H]2CC[C@@H]1N2C(=O)c1cocn1. The maximum Gasteiger partial charge on any atom is 0.325 e. The second-order valence-electron chi connectivity index (χ2n) is 7.61. The van der Waals surface area contributed by atoms with Crippen molar-refractivity contribution in [3.05, 3.63) is 54.2 Å². The van der Waals surface area contributed by atoms with Gasteiger partial charge in [-0.05, 0) is 31.2 Å². The van der Waals surface area contributed by atoms with E-state index in [2.05, 4.69) is 15.0 Å². The molecular weight excluding hydrogens is 374 g/mol. The van der Waals surface area contributed by atoms with Gasteiger partial charge in [0.1, 0.15) is 12.8 Å². The molecule has 3 heterocycles. The topological polar surface area (TPSA) is 102 Å². The lowest BCUT2D eigenvalue weighted by molar-refractivity contribution is -0.143. The summed E-state index contributed by atoms with van der Waals surface area (Å²) in [7, 11) is 1.28. The van der Waals surface area contributed by atoms with Crippen LogP contribution in [0, 0.1) is 5.41 Å². The number of methoxy groups -OCH3 is 1. The van der Waals surface area contributed by atoms with Crippen LogP contribution >= 0.6 is 0 Å². The molecule has 2 aliphatic rings. The first kappa shape index (κ1) is 19.2. The number of nitrogens with zero attached hydrogens (tertiary/aromatic N) is 2. The number of esters is 1. The maximum absolute atomic E-state index is 13.3. The minimum Gasteiger partial charge on any atom is -0.468 e. The number of benzene rings is 1. The van der Waals surface area contributed by atoms with Crippen molar-refractivity contribution in [2.24, 2.45) is 5.41 Å². The highest BCUT2D eigenvalue weighted by molar-refractivity contribution is 5.95. The molecule has 4 rings (SSSR count). The van der Waals surface area contributed by atoms with Crippen LogP contribution < -0.4 is 5.32 Å². The number of ether oxygens (including phenoxy) is 1. The fourth-order valence-corrected chi connectivity index (χ4v) is 4.82. The Labute approximate surface area is 168 Å². The monoisotopic (exact) mass is 397 g/mol. The average Bonchev–Trinajstić information content (AvgIpc) is 3.48. The molecule has 2 saturated heterocycles. The molecule has 2 bridgehead atoms. The van der Waals surface area contributed by atoms with E-state index in [0.717, 1.165) is 18.4 Å². The van der Waals surface area contributed by atoms with Gasteiger partial charge in [0.25, 0.3) is 5.91 Å². The molecule has 0 spiro atoms. The summed E-state index contributed by atoms with van der Waals surface area (Å²) >= 11 is 0. The van der Waals surface area contributed by atoms with Gasteiger partial charge in [0, 0.05) is 12.1 Å². The van der Waals surface area contributed by atoms with E-state index >= 15 is 0 Å². The van der Waals surface area contributed by atoms with Crippen LogP contribution in [0.25, 0.3) is 0 Å². The van der Waals surface area contributed by atoms with Gasteiger partial charge in [-0.2, -0.15) is 0 Å². The van der Waals surface area contributed by atoms with Crippen molar-refractivity contribution in [1.29, 1.82) is 0 Å². The van der Waals surface area contributed by atoms with Gasteiger partial charge in [0.2, 0.25) is 5.91 Å². The van der Waals surface area contributed by atoms with Crippen molar-refractivity contribution in [2.75, 3.05) is 13.7 Å². The van der Waals surface area contributed by atoms with E-state index in [1.165, 1.54) is 19.8 Å². The Morgan fingerprint density at radius 1 is 1.28 bits per heavy atom. The van der Waals surface area contributed by atoms with E-state index in [1.54, 1.807) is 4.90 Å². The zero-order valence-electron chi connectivity index (χ0n) is 16.2. The highest BCUT2D eigenvalue weighted by Gasteiger charge is 2.61. The molecule has 1 N–H and O–H groups in total. The van der Waals surface area contributed by atoms with Crippen LogP contribution in [0.1, 0.15) is 35.3 Å². The molecule has 1 aromatic carbocycles. The van der Waals surface area contributed by atoms with E-state index in [-0.39, 0.29) is 36.1 Å². The summed E-state index contributed by atoms with van der Waals surface area (Å²) in [6.45, 7) is -0.194. The number of aromatic nitrogens is 1. The predicted molar refractivity (Wildman–Crippen MR) is 102 cm³/mol. The summed E-state index contributed by atoms with van der Waals surface area (Å²) < 4.78 is 9.62. The third kappa shape index (κ3) is 3.39. The van der Waals surface area contributed by atoms with Crippen LogP contribution in [0.2, 0.25) is 0 Å². The molecule has 0 unspecified atom stereocenters. The zero-order valence-corrected chi connectivity index (χ0v) is 16.2. The zero-order chi connectivity index (χ0) is 20.4. The van der Waals surface area contributed by atoms with E-state index in [0.29, 0.717) is 12.8 Å². The fourth-order valence-electron chi connectivity index (χ4n) is 4.82. The molecule has 2 amide bonds. The summed E-state index contributed by atoms with van der Waals surface area (Å²) in [6, 6.07) is 9.43. The molecule has 0 saturated carbocycles. The number of carbonyl (C=O) groups excluding carboxylic acids is 3. The van der Waals surface area contributed by atoms with Crippen molar-refractivity contribution in [2.45, 2.75) is 37.8 Å². The third-order valence-corrected chi connectivity index (χ3v) is 6.06. The summed E-state index contributed by atoms with van der Waals surface area (Å²) in [5.74, 6) is -0.953. The second kappa shape index (κ2) is 7.69. The Morgan fingerprint density at radius 3 is 2.76 bits per heavy atom. The number of hydrogen-bond donors (Lipinski definition) is 1. The van der Waals surface area contributed by atoms with Gasteiger partial charge < -0.3 is 19.4 Å². The Hall–Kier alpha value is -3.16. The lowest BCUT2D eigenvalue weighted by Crippen LogP contribution is -2.52. The van der Waals surface area contributed by atoms with Crippen LogP contribution in [0.4, 0.5) is 0 Å².